The molecular weight excluding hydrogens is 538 g/mol. The molecule has 0 saturated carbocycles. The van der Waals surface area contributed by atoms with E-state index in [0.29, 0.717) is 39.7 Å². The predicted octanol–water partition coefficient (Wildman–Crippen LogP) is 5.10. The second kappa shape index (κ2) is 12.6. The lowest BCUT2D eigenvalue weighted by molar-refractivity contribution is -0.137. The Labute approximate surface area is 240 Å². The number of carbonyl (C=O) groups excluding carboxylic acids is 2. The maximum Gasteiger partial charge on any atom is 0.305 e. The number of methoxy groups -OCH3 is 1. The highest BCUT2D eigenvalue weighted by molar-refractivity contribution is 5.95. The first-order chi connectivity index (χ1) is 20.4. The number of pyridine rings is 1. The number of nitrogens with zero attached hydrogens (tertiary/aromatic N) is 2. The van der Waals surface area contributed by atoms with E-state index in [-0.39, 0.29) is 18.7 Å². The summed E-state index contributed by atoms with van der Waals surface area (Å²) in [5, 5.41) is 18.1. The SMILES string of the molecule is COc1cccc(Nc2nc3ccc(CC(=O)Nc4ccc(C(CC(=O)O)NC(=O)c5ccncc5)cc4)cc3o2)c1. The van der Waals surface area contributed by atoms with Gasteiger partial charge in [0.25, 0.3) is 11.9 Å². The monoisotopic (exact) mass is 565 g/mol. The molecule has 2 aromatic heterocycles. The van der Waals surface area contributed by atoms with Crippen molar-refractivity contribution in [1.29, 1.82) is 0 Å². The first-order valence-electron chi connectivity index (χ1n) is 13.0. The summed E-state index contributed by atoms with van der Waals surface area (Å²) in [7, 11) is 1.59. The lowest BCUT2D eigenvalue weighted by Gasteiger charge is -2.18. The highest BCUT2D eigenvalue weighted by Crippen LogP contribution is 2.26. The van der Waals surface area contributed by atoms with Crippen molar-refractivity contribution in [2.45, 2.75) is 18.9 Å². The average molecular weight is 566 g/mol. The fourth-order valence-electron chi connectivity index (χ4n) is 4.32. The predicted molar refractivity (Wildman–Crippen MR) is 156 cm³/mol. The first kappa shape index (κ1) is 27.8. The number of hydrogen-bond acceptors (Lipinski definition) is 8. The summed E-state index contributed by atoms with van der Waals surface area (Å²) in [6, 6.07) is 22.1. The van der Waals surface area contributed by atoms with Gasteiger partial charge in [-0.05, 0) is 59.7 Å². The summed E-state index contributed by atoms with van der Waals surface area (Å²) >= 11 is 0. The van der Waals surface area contributed by atoms with Crippen LogP contribution in [-0.4, -0.2) is 40.0 Å². The number of rotatable bonds is 11. The van der Waals surface area contributed by atoms with Crippen molar-refractivity contribution in [3.63, 3.8) is 0 Å². The number of oxazole rings is 1. The molecule has 5 rings (SSSR count). The van der Waals surface area contributed by atoms with E-state index in [4.69, 9.17) is 9.15 Å². The normalized spacial score (nSPS) is 11.5. The topological polar surface area (TPSA) is 156 Å². The number of carboxylic acid groups (broad SMARTS) is 1. The quantitative estimate of drug-likeness (QED) is 0.171. The van der Waals surface area contributed by atoms with E-state index in [1.165, 1.54) is 12.4 Å². The van der Waals surface area contributed by atoms with E-state index in [9.17, 15) is 19.5 Å². The molecule has 4 N–H and O–H groups in total. The molecule has 0 aliphatic heterocycles. The third-order valence-electron chi connectivity index (χ3n) is 6.36. The Balaban J connectivity index is 1.21. The fraction of sp³-hybridized carbons (Fsp3) is 0.129. The zero-order valence-corrected chi connectivity index (χ0v) is 22.5. The zero-order valence-electron chi connectivity index (χ0n) is 22.5. The number of nitrogens with one attached hydrogen (secondary N) is 3. The largest absolute Gasteiger partial charge is 0.497 e. The number of aliphatic carboxylic acids is 1. The summed E-state index contributed by atoms with van der Waals surface area (Å²) < 4.78 is 11.1. The Morgan fingerprint density at radius 1 is 0.952 bits per heavy atom. The van der Waals surface area contributed by atoms with Gasteiger partial charge in [0.05, 0.1) is 26.0 Å². The van der Waals surface area contributed by atoms with Gasteiger partial charge < -0.3 is 30.2 Å². The standard InChI is InChI=1S/C31H27N5O6/c1-41-24-4-2-3-23(17-24)34-31-36-25-10-5-19(15-27(25)42-31)16-28(37)33-22-8-6-20(7-9-22)26(18-29(38)39)35-30(40)21-11-13-32-14-12-21/h2-15,17,26H,16,18H2,1H3,(H,33,37)(H,34,36)(H,35,40)(H,38,39). The summed E-state index contributed by atoms with van der Waals surface area (Å²) in [4.78, 5) is 45.1. The van der Waals surface area contributed by atoms with E-state index in [0.717, 1.165) is 11.3 Å². The minimum atomic E-state index is -1.06. The molecular formula is C31H27N5O6. The van der Waals surface area contributed by atoms with E-state index >= 15 is 0 Å². The highest BCUT2D eigenvalue weighted by atomic mass is 16.5. The second-order valence-electron chi connectivity index (χ2n) is 9.38. The molecule has 0 saturated heterocycles. The third kappa shape index (κ3) is 7.07. The molecule has 1 unspecified atom stereocenters. The molecule has 11 nitrogen and oxygen atoms in total. The number of ether oxygens (including phenoxy) is 1. The van der Waals surface area contributed by atoms with Crippen molar-refractivity contribution in [1.82, 2.24) is 15.3 Å². The summed E-state index contributed by atoms with van der Waals surface area (Å²) in [6.07, 6.45) is 2.77. The maximum absolute atomic E-state index is 12.8. The maximum atomic E-state index is 12.8. The van der Waals surface area contributed by atoms with Crippen LogP contribution < -0.4 is 20.7 Å². The van der Waals surface area contributed by atoms with Gasteiger partial charge in [-0.1, -0.05) is 24.3 Å². The lowest BCUT2D eigenvalue weighted by Crippen LogP contribution is -2.30. The van der Waals surface area contributed by atoms with Crippen molar-refractivity contribution in [2.24, 2.45) is 0 Å². The molecule has 3 aromatic carbocycles. The smallest absolute Gasteiger partial charge is 0.305 e. The van der Waals surface area contributed by atoms with E-state index < -0.39 is 17.9 Å². The van der Waals surface area contributed by atoms with Gasteiger partial charge in [-0.15, -0.1) is 0 Å². The van der Waals surface area contributed by atoms with Crippen molar-refractivity contribution in [3.05, 3.63) is 108 Å². The molecule has 2 heterocycles. The molecule has 42 heavy (non-hydrogen) atoms. The van der Waals surface area contributed by atoms with Gasteiger partial charge in [-0.2, -0.15) is 4.98 Å². The number of fused-ring (bicyclic) bond motifs is 1. The molecule has 2 amide bonds. The van der Waals surface area contributed by atoms with Crippen LogP contribution >= 0.6 is 0 Å². The Morgan fingerprint density at radius 3 is 2.48 bits per heavy atom. The third-order valence-corrected chi connectivity index (χ3v) is 6.36. The average Bonchev–Trinajstić information content (AvgIpc) is 3.39. The molecule has 0 aliphatic rings. The highest BCUT2D eigenvalue weighted by Gasteiger charge is 2.19. The van der Waals surface area contributed by atoms with Crippen molar-refractivity contribution in [3.8, 4) is 5.75 Å². The molecule has 1 atom stereocenters. The van der Waals surface area contributed by atoms with Crippen LogP contribution in [0.5, 0.6) is 5.75 Å². The molecule has 11 heteroatoms. The van der Waals surface area contributed by atoms with Crippen LogP contribution in [0.15, 0.2) is 95.7 Å². The van der Waals surface area contributed by atoms with Gasteiger partial charge in [-0.25, -0.2) is 0 Å². The van der Waals surface area contributed by atoms with Crippen molar-refractivity contribution >= 4 is 46.3 Å². The minimum Gasteiger partial charge on any atom is -0.497 e. The zero-order chi connectivity index (χ0) is 29.5. The van der Waals surface area contributed by atoms with Gasteiger partial charge in [0.1, 0.15) is 11.3 Å². The molecule has 5 aromatic rings. The molecule has 0 bridgehead atoms. The number of aromatic nitrogens is 2. The number of benzene rings is 3. The van der Waals surface area contributed by atoms with Crippen molar-refractivity contribution < 1.29 is 28.6 Å². The molecule has 0 fully saturated rings. The van der Waals surface area contributed by atoms with Gasteiger partial charge in [-0.3, -0.25) is 19.4 Å². The second-order valence-corrected chi connectivity index (χ2v) is 9.38. The molecule has 0 spiro atoms. The van der Waals surface area contributed by atoms with E-state index in [1.54, 1.807) is 55.6 Å². The summed E-state index contributed by atoms with van der Waals surface area (Å²) in [5.74, 6) is -1.01. The van der Waals surface area contributed by atoms with Crippen LogP contribution in [-0.2, 0) is 16.0 Å². The van der Waals surface area contributed by atoms with Gasteiger partial charge in [0.15, 0.2) is 5.58 Å². The summed E-state index contributed by atoms with van der Waals surface area (Å²) in [5.41, 5.74) is 4.17. The lowest BCUT2D eigenvalue weighted by atomic mass is 10.0. The van der Waals surface area contributed by atoms with Crippen LogP contribution in [0.2, 0.25) is 0 Å². The number of amides is 2. The van der Waals surface area contributed by atoms with Crippen LogP contribution in [0, 0.1) is 0 Å². The van der Waals surface area contributed by atoms with Gasteiger partial charge in [0, 0.05) is 35.4 Å². The Hall–Kier alpha value is -5.71. The molecule has 212 valence electrons. The molecule has 0 radical (unpaired) electrons. The van der Waals surface area contributed by atoms with Crippen LogP contribution in [0.1, 0.15) is 33.9 Å². The number of carboxylic acids is 1. The Kier molecular flexibility index (Phi) is 8.38. The van der Waals surface area contributed by atoms with Crippen LogP contribution in [0.3, 0.4) is 0 Å². The molecule has 0 aliphatic carbocycles. The number of hydrogen-bond donors (Lipinski definition) is 4. The van der Waals surface area contributed by atoms with Crippen LogP contribution in [0.25, 0.3) is 11.1 Å². The first-order valence-corrected chi connectivity index (χ1v) is 13.0. The number of anilines is 3. The fourth-order valence-corrected chi connectivity index (χ4v) is 4.32. The van der Waals surface area contributed by atoms with E-state index in [2.05, 4.69) is 25.9 Å². The number of carbonyl (C=O) groups is 3. The van der Waals surface area contributed by atoms with E-state index in [1.807, 2.05) is 30.3 Å². The summed E-state index contributed by atoms with van der Waals surface area (Å²) in [6.45, 7) is 0. The Bertz CT molecular complexity index is 1720. The Morgan fingerprint density at radius 2 is 1.74 bits per heavy atom. The minimum absolute atomic E-state index is 0.0979. The van der Waals surface area contributed by atoms with Gasteiger partial charge in [0.2, 0.25) is 5.91 Å². The van der Waals surface area contributed by atoms with Crippen molar-refractivity contribution in [2.75, 3.05) is 17.7 Å². The van der Waals surface area contributed by atoms with Crippen LogP contribution in [0.4, 0.5) is 17.4 Å². The van der Waals surface area contributed by atoms with Gasteiger partial charge >= 0.3 is 5.97 Å².